The molecule has 0 radical (unpaired) electrons. The fourth-order valence-electron chi connectivity index (χ4n) is 3.68. The number of morpholine rings is 1. The molecular formula is C16H25N3O. The summed E-state index contributed by atoms with van der Waals surface area (Å²) in [6.07, 6.45) is 4.52. The van der Waals surface area contributed by atoms with E-state index in [9.17, 15) is 0 Å². The topological polar surface area (TPSA) is 37.4 Å². The Morgan fingerprint density at radius 2 is 2.45 bits per heavy atom. The maximum atomic E-state index is 6.06. The van der Waals surface area contributed by atoms with Gasteiger partial charge in [-0.2, -0.15) is 0 Å². The van der Waals surface area contributed by atoms with Crippen molar-refractivity contribution in [2.24, 2.45) is 0 Å². The second-order valence-corrected chi connectivity index (χ2v) is 5.81. The van der Waals surface area contributed by atoms with Crippen molar-refractivity contribution < 1.29 is 4.74 Å². The Bertz CT molecular complexity index is 451. The Balaban J connectivity index is 1.77. The van der Waals surface area contributed by atoms with E-state index in [0.29, 0.717) is 12.0 Å². The lowest BCUT2D eigenvalue weighted by atomic mass is 9.91. The van der Waals surface area contributed by atoms with Crippen LogP contribution in [0.2, 0.25) is 0 Å². The molecule has 1 aliphatic heterocycles. The van der Waals surface area contributed by atoms with Crippen LogP contribution in [0.25, 0.3) is 0 Å². The van der Waals surface area contributed by atoms with Gasteiger partial charge in [0.1, 0.15) is 0 Å². The van der Waals surface area contributed by atoms with E-state index >= 15 is 0 Å². The highest BCUT2D eigenvalue weighted by Gasteiger charge is 2.37. The fraction of sp³-hybridized carbons (Fsp3) is 0.688. The van der Waals surface area contributed by atoms with Gasteiger partial charge < -0.3 is 10.1 Å². The van der Waals surface area contributed by atoms with Crippen LogP contribution >= 0.6 is 0 Å². The standard InChI is InChI=1S/C16H25N3O/c1-3-19-9-10-20-14(11-19)16(17-2)13-7-6-12-5-4-8-18-15(12)13/h4-5,8,13-14,16-17H,3,6-7,9-11H2,1-2H3. The van der Waals surface area contributed by atoms with Crippen LogP contribution in [0.4, 0.5) is 0 Å². The first-order valence-corrected chi connectivity index (χ1v) is 7.78. The molecule has 3 unspecified atom stereocenters. The van der Waals surface area contributed by atoms with Crippen LogP contribution in [0.1, 0.15) is 30.5 Å². The van der Waals surface area contributed by atoms with Crippen molar-refractivity contribution in [2.45, 2.75) is 37.8 Å². The first kappa shape index (κ1) is 14.0. The second kappa shape index (κ2) is 6.20. The first-order valence-electron chi connectivity index (χ1n) is 7.78. The molecule has 0 bridgehead atoms. The summed E-state index contributed by atoms with van der Waals surface area (Å²) in [5.74, 6) is 0.484. The molecule has 1 aromatic rings. The third-order valence-electron chi connectivity index (χ3n) is 4.79. The van der Waals surface area contributed by atoms with Crippen molar-refractivity contribution >= 4 is 0 Å². The van der Waals surface area contributed by atoms with Crippen molar-refractivity contribution in [3.63, 3.8) is 0 Å². The third kappa shape index (κ3) is 2.60. The molecule has 4 nitrogen and oxygen atoms in total. The number of ether oxygens (including phenoxy) is 1. The molecule has 1 aliphatic carbocycles. The summed E-state index contributed by atoms with van der Waals surface area (Å²) in [6.45, 7) is 6.26. The zero-order valence-electron chi connectivity index (χ0n) is 12.5. The Morgan fingerprint density at radius 3 is 3.25 bits per heavy atom. The summed E-state index contributed by atoms with van der Waals surface area (Å²) in [5, 5.41) is 3.51. The lowest BCUT2D eigenvalue weighted by Crippen LogP contribution is -2.53. The van der Waals surface area contributed by atoms with Gasteiger partial charge in [0.25, 0.3) is 0 Å². The van der Waals surface area contributed by atoms with Crippen molar-refractivity contribution in [3.8, 4) is 0 Å². The van der Waals surface area contributed by atoms with Crippen molar-refractivity contribution in [2.75, 3.05) is 33.3 Å². The number of nitrogens with one attached hydrogen (secondary N) is 1. The first-order chi connectivity index (χ1) is 9.83. The van der Waals surface area contributed by atoms with Crippen LogP contribution in [-0.4, -0.2) is 55.3 Å². The van der Waals surface area contributed by atoms with Gasteiger partial charge in [0.05, 0.1) is 12.7 Å². The molecule has 1 saturated heterocycles. The molecule has 0 amide bonds. The van der Waals surface area contributed by atoms with Gasteiger partial charge in [0.15, 0.2) is 0 Å². The third-order valence-corrected chi connectivity index (χ3v) is 4.79. The molecule has 20 heavy (non-hydrogen) atoms. The van der Waals surface area contributed by atoms with E-state index in [1.807, 2.05) is 12.3 Å². The molecule has 1 aromatic heterocycles. The summed E-state index contributed by atoms with van der Waals surface area (Å²) in [4.78, 5) is 7.11. The van der Waals surface area contributed by atoms with E-state index < -0.39 is 0 Å². The molecule has 0 aromatic carbocycles. The maximum Gasteiger partial charge on any atom is 0.0861 e. The SMILES string of the molecule is CCN1CCOC(C(NC)C2CCc3cccnc32)C1. The molecule has 2 heterocycles. The van der Waals surface area contributed by atoms with Gasteiger partial charge in [-0.3, -0.25) is 9.88 Å². The molecule has 3 rings (SSSR count). The monoisotopic (exact) mass is 275 g/mol. The molecule has 0 spiro atoms. The average Bonchev–Trinajstić information content (AvgIpc) is 2.93. The van der Waals surface area contributed by atoms with E-state index in [2.05, 4.69) is 35.2 Å². The number of rotatable bonds is 4. The van der Waals surface area contributed by atoms with Crippen LogP contribution in [0.3, 0.4) is 0 Å². The van der Waals surface area contributed by atoms with E-state index in [0.717, 1.165) is 32.7 Å². The minimum Gasteiger partial charge on any atom is -0.374 e. The predicted molar refractivity (Wildman–Crippen MR) is 80.0 cm³/mol. The number of aryl methyl sites for hydroxylation is 1. The molecule has 1 N–H and O–H groups in total. The molecule has 0 saturated carbocycles. The number of pyridine rings is 1. The van der Waals surface area contributed by atoms with Crippen molar-refractivity contribution in [3.05, 3.63) is 29.6 Å². The summed E-state index contributed by atoms with van der Waals surface area (Å²) in [6, 6.07) is 4.63. The maximum absolute atomic E-state index is 6.06. The van der Waals surface area contributed by atoms with E-state index in [4.69, 9.17) is 4.74 Å². The lowest BCUT2D eigenvalue weighted by Gasteiger charge is -2.38. The van der Waals surface area contributed by atoms with Crippen molar-refractivity contribution in [1.29, 1.82) is 0 Å². The second-order valence-electron chi connectivity index (χ2n) is 5.81. The molecule has 1 fully saturated rings. The largest absolute Gasteiger partial charge is 0.374 e. The van der Waals surface area contributed by atoms with E-state index in [1.54, 1.807) is 0 Å². The number of likely N-dealkylation sites (N-methyl/N-ethyl adjacent to an activating group) is 2. The highest BCUT2D eigenvalue weighted by atomic mass is 16.5. The van der Waals surface area contributed by atoms with E-state index in [-0.39, 0.29) is 6.10 Å². The highest BCUT2D eigenvalue weighted by Crippen LogP contribution is 2.35. The summed E-state index contributed by atoms with van der Waals surface area (Å²) in [7, 11) is 2.06. The van der Waals surface area contributed by atoms with Crippen LogP contribution in [-0.2, 0) is 11.2 Å². The molecular weight excluding hydrogens is 250 g/mol. The number of aromatic nitrogens is 1. The summed E-state index contributed by atoms with van der Waals surface area (Å²) < 4.78 is 6.06. The zero-order valence-corrected chi connectivity index (χ0v) is 12.5. The van der Waals surface area contributed by atoms with Crippen LogP contribution in [0.15, 0.2) is 18.3 Å². The van der Waals surface area contributed by atoms with Gasteiger partial charge in [-0.1, -0.05) is 13.0 Å². The number of nitrogens with zero attached hydrogens (tertiary/aromatic N) is 2. The Morgan fingerprint density at radius 1 is 1.55 bits per heavy atom. The zero-order chi connectivity index (χ0) is 13.9. The van der Waals surface area contributed by atoms with Gasteiger partial charge in [-0.15, -0.1) is 0 Å². The summed E-state index contributed by atoms with van der Waals surface area (Å²) in [5.41, 5.74) is 2.70. The highest BCUT2D eigenvalue weighted by molar-refractivity contribution is 5.30. The molecule has 4 heteroatoms. The minimum absolute atomic E-state index is 0.270. The van der Waals surface area contributed by atoms with Crippen LogP contribution in [0, 0.1) is 0 Å². The summed E-state index contributed by atoms with van der Waals surface area (Å²) >= 11 is 0. The average molecular weight is 275 g/mol. The van der Waals surface area contributed by atoms with Crippen molar-refractivity contribution in [1.82, 2.24) is 15.2 Å². The van der Waals surface area contributed by atoms with Gasteiger partial charge in [-0.25, -0.2) is 0 Å². The van der Waals surface area contributed by atoms with Gasteiger partial charge in [0.2, 0.25) is 0 Å². The number of hydrogen-bond donors (Lipinski definition) is 1. The molecule has 3 atom stereocenters. The number of hydrogen-bond acceptors (Lipinski definition) is 4. The number of fused-ring (bicyclic) bond motifs is 1. The van der Waals surface area contributed by atoms with Gasteiger partial charge >= 0.3 is 0 Å². The van der Waals surface area contributed by atoms with E-state index in [1.165, 1.54) is 17.7 Å². The Kier molecular flexibility index (Phi) is 4.34. The van der Waals surface area contributed by atoms with Crippen LogP contribution < -0.4 is 5.32 Å². The normalized spacial score (nSPS) is 28.3. The van der Waals surface area contributed by atoms with Crippen LogP contribution in [0.5, 0.6) is 0 Å². The minimum atomic E-state index is 0.270. The molecule has 110 valence electrons. The quantitative estimate of drug-likeness (QED) is 0.902. The Labute approximate surface area is 121 Å². The Hall–Kier alpha value is -0.970. The van der Waals surface area contributed by atoms with Gasteiger partial charge in [-0.05, 0) is 38.1 Å². The predicted octanol–water partition coefficient (Wildman–Crippen LogP) is 1.42. The molecule has 2 aliphatic rings. The fourth-order valence-corrected chi connectivity index (χ4v) is 3.68. The lowest BCUT2D eigenvalue weighted by molar-refractivity contribution is -0.0483. The smallest absolute Gasteiger partial charge is 0.0861 e. The van der Waals surface area contributed by atoms with Gasteiger partial charge in [0, 0.05) is 36.9 Å².